The molecule has 2 aromatic rings. The molecule has 0 bridgehead atoms. The van der Waals surface area contributed by atoms with Crippen LogP contribution in [0.3, 0.4) is 0 Å². The number of hydrogen-bond acceptors (Lipinski definition) is 4. The van der Waals surface area contributed by atoms with Gasteiger partial charge in [0, 0.05) is 0 Å². The molecule has 0 aliphatic rings. The molecule has 0 saturated heterocycles. The van der Waals surface area contributed by atoms with Gasteiger partial charge in [-0.15, -0.1) is 0 Å². The Kier molecular flexibility index (Phi) is 13.3. The first-order valence-corrected chi connectivity index (χ1v) is 14.7. The van der Waals surface area contributed by atoms with Crippen molar-refractivity contribution < 1.29 is 20.4 Å². The Hall–Kier alpha value is -1.72. The monoisotopic (exact) mass is 512 g/mol. The highest BCUT2D eigenvalue weighted by atomic mass is 16.3. The molecule has 2 aromatic carbocycles. The molecule has 4 heteroatoms. The molecular formula is C33H52O4. The molecule has 0 amide bonds. The second-order valence-electron chi connectivity index (χ2n) is 10.8. The number of aliphatic hydroxyl groups is 4. The van der Waals surface area contributed by atoms with Crippen molar-refractivity contribution in [2.24, 2.45) is 5.41 Å². The number of unbranched alkanes of at least 4 members (excludes halogenated alkanes) is 4. The van der Waals surface area contributed by atoms with E-state index in [1.54, 1.807) is 0 Å². The Balaban J connectivity index is 3.08. The molecule has 0 fully saturated rings. The van der Waals surface area contributed by atoms with Gasteiger partial charge in [0.05, 0.1) is 25.2 Å². The molecule has 4 nitrogen and oxygen atoms in total. The average molecular weight is 513 g/mol. The Bertz CT molecular complexity index is 808. The van der Waals surface area contributed by atoms with E-state index in [1.165, 1.54) is 0 Å². The van der Waals surface area contributed by atoms with Gasteiger partial charge in [0.25, 0.3) is 0 Å². The van der Waals surface area contributed by atoms with E-state index < -0.39 is 30.8 Å². The summed E-state index contributed by atoms with van der Waals surface area (Å²) in [4.78, 5) is 0. The maximum absolute atomic E-state index is 13.3. The Morgan fingerprint density at radius 1 is 0.514 bits per heavy atom. The summed E-state index contributed by atoms with van der Waals surface area (Å²) in [5.74, 6) is 0. The molecule has 4 N–H and O–H groups in total. The van der Waals surface area contributed by atoms with Gasteiger partial charge >= 0.3 is 0 Å². The number of aryl methyl sites for hydroxylation is 4. The van der Waals surface area contributed by atoms with Crippen molar-refractivity contribution in [1.82, 2.24) is 0 Å². The van der Waals surface area contributed by atoms with Crippen molar-refractivity contribution >= 4 is 0 Å². The van der Waals surface area contributed by atoms with Crippen LogP contribution in [0.2, 0.25) is 0 Å². The zero-order valence-electron chi connectivity index (χ0n) is 23.9. The lowest BCUT2D eigenvalue weighted by Crippen LogP contribution is -2.55. The molecule has 2 rings (SSSR count). The van der Waals surface area contributed by atoms with Crippen molar-refractivity contribution in [2.45, 2.75) is 110 Å². The SMILES string of the molecule is CCCCc1cccc(CCCC)c1C(O)(c1c(CCCC)cccc1CCCC)C(CO)(CO)CO. The van der Waals surface area contributed by atoms with Gasteiger partial charge in [0.2, 0.25) is 0 Å². The molecule has 0 saturated carbocycles. The van der Waals surface area contributed by atoms with Crippen LogP contribution in [0.15, 0.2) is 36.4 Å². The number of benzene rings is 2. The smallest absolute Gasteiger partial charge is 0.128 e. The average Bonchev–Trinajstić information content (AvgIpc) is 2.93. The third kappa shape index (κ3) is 6.84. The second-order valence-corrected chi connectivity index (χ2v) is 10.8. The highest BCUT2D eigenvalue weighted by Crippen LogP contribution is 2.50. The van der Waals surface area contributed by atoms with Crippen molar-refractivity contribution in [1.29, 1.82) is 0 Å². The molecule has 0 aliphatic heterocycles. The van der Waals surface area contributed by atoms with Gasteiger partial charge in [-0.25, -0.2) is 0 Å². The van der Waals surface area contributed by atoms with E-state index in [9.17, 15) is 20.4 Å². The van der Waals surface area contributed by atoms with Gasteiger partial charge in [-0.3, -0.25) is 0 Å². The van der Waals surface area contributed by atoms with Crippen LogP contribution in [0.1, 0.15) is 112 Å². The summed E-state index contributed by atoms with van der Waals surface area (Å²) < 4.78 is 0. The van der Waals surface area contributed by atoms with Crippen LogP contribution in [0.5, 0.6) is 0 Å². The Labute approximate surface area is 225 Å². The Morgan fingerprint density at radius 3 is 1.00 bits per heavy atom. The third-order valence-corrected chi connectivity index (χ3v) is 8.07. The minimum absolute atomic E-state index is 0.527. The van der Waals surface area contributed by atoms with Gasteiger partial charge in [-0.1, -0.05) is 89.8 Å². The predicted molar refractivity (Wildman–Crippen MR) is 154 cm³/mol. The normalized spacial score (nSPS) is 12.3. The maximum Gasteiger partial charge on any atom is 0.128 e. The van der Waals surface area contributed by atoms with Crippen molar-refractivity contribution in [3.63, 3.8) is 0 Å². The summed E-state index contributed by atoms with van der Waals surface area (Å²) in [6, 6.07) is 12.5. The summed E-state index contributed by atoms with van der Waals surface area (Å²) in [5, 5.41) is 45.8. The van der Waals surface area contributed by atoms with Crippen LogP contribution in [-0.2, 0) is 31.3 Å². The quantitative estimate of drug-likeness (QED) is 0.190. The van der Waals surface area contributed by atoms with Crippen molar-refractivity contribution in [3.05, 3.63) is 69.8 Å². The molecule has 0 atom stereocenters. The van der Waals surface area contributed by atoms with E-state index in [2.05, 4.69) is 64.1 Å². The molecule has 0 aromatic heterocycles. The van der Waals surface area contributed by atoms with Crippen LogP contribution in [0.4, 0.5) is 0 Å². The van der Waals surface area contributed by atoms with Gasteiger partial charge in [0.1, 0.15) is 5.60 Å². The lowest BCUT2D eigenvalue weighted by molar-refractivity contribution is -0.137. The van der Waals surface area contributed by atoms with Crippen LogP contribution >= 0.6 is 0 Å². The van der Waals surface area contributed by atoms with Gasteiger partial charge in [-0.2, -0.15) is 0 Å². The van der Waals surface area contributed by atoms with Crippen LogP contribution < -0.4 is 0 Å². The molecule has 0 aliphatic carbocycles. The minimum atomic E-state index is -1.74. The molecule has 0 spiro atoms. The molecule has 37 heavy (non-hydrogen) atoms. The highest BCUT2D eigenvalue weighted by Gasteiger charge is 2.55. The second kappa shape index (κ2) is 15.6. The molecule has 0 heterocycles. The predicted octanol–water partition coefficient (Wildman–Crippen LogP) is 6.26. The van der Waals surface area contributed by atoms with Crippen LogP contribution in [-0.4, -0.2) is 40.2 Å². The van der Waals surface area contributed by atoms with Crippen molar-refractivity contribution in [3.8, 4) is 0 Å². The molecule has 208 valence electrons. The van der Waals surface area contributed by atoms with Gasteiger partial charge in [0.15, 0.2) is 0 Å². The fourth-order valence-electron chi connectivity index (χ4n) is 5.69. The summed E-state index contributed by atoms with van der Waals surface area (Å²) in [5.41, 5.74) is 2.47. The van der Waals surface area contributed by atoms with Crippen molar-refractivity contribution in [2.75, 3.05) is 19.8 Å². The molecule has 0 unspecified atom stereocenters. The van der Waals surface area contributed by atoms with E-state index in [0.717, 1.165) is 110 Å². The topological polar surface area (TPSA) is 80.9 Å². The standard InChI is InChI=1S/C33H52O4/c1-5-9-15-26-19-13-20-27(16-10-6-2)30(26)33(37,32(23-34,24-35)25-36)31-28(17-11-7-3)21-14-22-29(31)18-12-8-4/h13-14,19-22,34-37H,5-12,15-18,23-25H2,1-4H3. The first kappa shape index (κ1) is 31.5. The molecular weight excluding hydrogens is 460 g/mol. The first-order valence-electron chi connectivity index (χ1n) is 14.7. The third-order valence-electron chi connectivity index (χ3n) is 8.07. The zero-order valence-corrected chi connectivity index (χ0v) is 23.9. The summed E-state index contributed by atoms with van der Waals surface area (Å²) in [6.45, 7) is 7.07. The van der Waals surface area contributed by atoms with E-state index in [0.29, 0.717) is 0 Å². The largest absolute Gasteiger partial charge is 0.395 e. The minimum Gasteiger partial charge on any atom is -0.395 e. The summed E-state index contributed by atoms with van der Waals surface area (Å²) >= 11 is 0. The van der Waals surface area contributed by atoms with Crippen LogP contribution in [0.25, 0.3) is 0 Å². The number of hydrogen-bond donors (Lipinski definition) is 4. The lowest BCUT2D eigenvalue weighted by atomic mass is 9.61. The maximum atomic E-state index is 13.3. The summed E-state index contributed by atoms with van der Waals surface area (Å²) in [6.07, 6.45) is 11.2. The first-order chi connectivity index (χ1) is 17.9. The number of aliphatic hydroxyl groups excluding tert-OH is 3. The van der Waals surface area contributed by atoms with Gasteiger partial charge < -0.3 is 20.4 Å². The van der Waals surface area contributed by atoms with E-state index in [-0.39, 0.29) is 0 Å². The number of rotatable bonds is 18. The molecule has 0 radical (unpaired) electrons. The fourth-order valence-corrected chi connectivity index (χ4v) is 5.69. The highest BCUT2D eigenvalue weighted by molar-refractivity contribution is 5.54. The van der Waals surface area contributed by atoms with Gasteiger partial charge in [-0.05, 0) is 84.7 Å². The van der Waals surface area contributed by atoms with Crippen LogP contribution in [0, 0.1) is 5.41 Å². The Morgan fingerprint density at radius 2 is 0.784 bits per heavy atom. The van der Waals surface area contributed by atoms with E-state index in [4.69, 9.17) is 0 Å². The fraction of sp³-hybridized carbons (Fsp3) is 0.636. The summed E-state index contributed by atoms with van der Waals surface area (Å²) in [7, 11) is 0. The van der Waals surface area contributed by atoms with E-state index in [1.807, 2.05) is 0 Å². The van der Waals surface area contributed by atoms with E-state index >= 15 is 0 Å². The zero-order chi connectivity index (χ0) is 27.3. The lowest BCUT2D eigenvalue weighted by Gasteiger charge is -2.48.